The molecule has 0 aromatic heterocycles. The van der Waals surface area contributed by atoms with Gasteiger partial charge in [0.05, 0.1) is 0 Å². The van der Waals surface area contributed by atoms with Crippen molar-refractivity contribution in [1.82, 2.24) is 0 Å². The Bertz CT molecular complexity index is 120. The highest BCUT2D eigenvalue weighted by molar-refractivity contribution is 5.84. The highest BCUT2D eigenvalue weighted by atomic mass is 16.5. The summed E-state index contributed by atoms with van der Waals surface area (Å²) in [6, 6.07) is 0. The highest BCUT2D eigenvalue weighted by Crippen LogP contribution is 2.15. The fraction of sp³-hybridized carbons (Fsp3) is 0.875. The van der Waals surface area contributed by atoms with Gasteiger partial charge >= 0.3 is 0 Å². The van der Waals surface area contributed by atoms with Crippen molar-refractivity contribution in [2.75, 3.05) is 6.61 Å². The molecule has 0 aromatic rings. The number of Topliss-reactive ketones (excluding diaryl/α,β-unsaturated/α-hetero) is 1. The normalized spacial score (nSPS) is 16.4. The van der Waals surface area contributed by atoms with E-state index in [0.29, 0.717) is 6.61 Å². The summed E-state index contributed by atoms with van der Waals surface area (Å²) in [6.45, 7) is 7.86. The van der Waals surface area contributed by atoms with Gasteiger partial charge < -0.3 is 4.74 Å². The lowest BCUT2D eigenvalue weighted by Gasteiger charge is -2.24. The monoisotopic (exact) mass is 144 g/mol. The smallest absolute Gasteiger partial charge is 0.161 e. The standard InChI is InChI=1S/C8H16O2/c1-5-8(4,7(3)9)10-6-2/h5-6H2,1-4H3. The zero-order valence-electron chi connectivity index (χ0n) is 7.23. The van der Waals surface area contributed by atoms with E-state index >= 15 is 0 Å². The van der Waals surface area contributed by atoms with Gasteiger partial charge in [-0.1, -0.05) is 6.92 Å². The molecule has 0 N–H and O–H groups in total. The minimum Gasteiger partial charge on any atom is -0.368 e. The molecular weight excluding hydrogens is 128 g/mol. The number of ketones is 1. The predicted octanol–water partition coefficient (Wildman–Crippen LogP) is 1.78. The lowest BCUT2D eigenvalue weighted by Crippen LogP contribution is -2.35. The molecule has 0 rings (SSSR count). The van der Waals surface area contributed by atoms with Gasteiger partial charge in [0.15, 0.2) is 5.78 Å². The van der Waals surface area contributed by atoms with E-state index in [1.165, 1.54) is 0 Å². The molecule has 0 bridgehead atoms. The van der Waals surface area contributed by atoms with Crippen molar-refractivity contribution in [3.05, 3.63) is 0 Å². The van der Waals surface area contributed by atoms with E-state index in [9.17, 15) is 4.79 Å². The second-order valence-corrected chi connectivity index (χ2v) is 2.57. The first kappa shape index (κ1) is 9.63. The number of rotatable bonds is 4. The molecule has 0 aliphatic carbocycles. The van der Waals surface area contributed by atoms with Crippen molar-refractivity contribution < 1.29 is 9.53 Å². The first-order chi connectivity index (χ1) is 4.56. The number of carbonyl (C=O) groups excluding carboxylic acids is 1. The SMILES string of the molecule is CCOC(C)(CC)C(C)=O. The maximum atomic E-state index is 11.0. The van der Waals surface area contributed by atoms with E-state index in [1.807, 2.05) is 20.8 Å². The van der Waals surface area contributed by atoms with Gasteiger partial charge in [-0.2, -0.15) is 0 Å². The van der Waals surface area contributed by atoms with Crippen LogP contribution in [0.25, 0.3) is 0 Å². The molecule has 0 amide bonds. The maximum Gasteiger partial charge on any atom is 0.161 e. The molecule has 2 heteroatoms. The van der Waals surface area contributed by atoms with Crippen LogP contribution >= 0.6 is 0 Å². The third-order valence-corrected chi connectivity index (χ3v) is 1.88. The van der Waals surface area contributed by atoms with Crippen LogP contribution in [-0.2, 0) is 9.53 Å². The third-order valence-electron chi connectivity index (χ3n) is 1.88. The van der Waals surface area contributed by atoms with Gasteiger partial charge in [-0.05, 0) is 27.2 Å². The Balaban J connectivity index is 4.08. The quantitative estimate of drug-likeness (QED) is 0.601. The minimum atomic E-state index is -0.547. The number of hydrogen-bond acceptors (Lipinski definition) is 2. The number of ether oxygens (including phenoxy) is 1. The maximum absolute atomic E-state index is 11.0. The first-order valence-corrected chi connectivity index (χ1v) is 3.71. The summed E-state index contributed by atoms with van der Waals surface area (Å²) in [4.78, 5) is 11.0. The summed E-state index contributed by atoms with van der Waals surface area (Å²) < 4.78 is 5.29. The molecule has 0 aliphatic heterocycles. The van der Waals surface area contributed by atoms with Crippen molar-refractivity contribution in [1.29, 1.82) is 0 Å². The first-order valence-electron chi connectivity index (χ1n) is 3.71. The molecule has 0 fully saturated rings. The Labute approximate surface area is 62.6 Å². The van der Waals surface area contributed by atoms with Crippen LogP contribution in [0.1, 0.15) is 34.1 Å². The van der Waals surface area contributed by atoms with Crippen LogP contribution in [0.15, 0.2) is 0 Å². The zero-order chi connectivity index (χ0) is 8.20. The Morgan fingerprint density at radius 3 is 2.10 bits per heavy atom. The predicted molar refractivity (Wildman–Crippen MR) is 41.0 cm³/mol. The van der Waals surface area contributed by atoms with E-state index in [2.05, 4.69) is 0 Å². The van der Waals surface area contributed by atoms with E-state index in [0.717, 1.165) is 6.42 Å². The van der Waals surface area contributed by atoms with Crippen molar-refractivity contribution in [2.24, 2.45) is 0 Å². The lowest BCUT2D eigenvalue weighted by atomic mass is 9.99. The van der Waals surface area contributed by atoms with Crippen LogP contribution in [0.2, 0.25) is 0 Å². The fourth-order valence-electron chi connectivity index (χ4n) is 0.771. The third kappa shape index (κ3) is 2.10. The average molecular weight is 144 g/mol. The van der Waals surface area contributed by atoms with Crippen LogP contribution in [0, 0.1) is 0 Å². The summed E-state index contributed by atoms with van der Waals surface area (Å²) in [5.41, 5.74) is -0.547. The fourth-order valence-corrected chi connectivity index (χ4v) is 0.771. The van der Waals surface area contributed by atoms with Gasteiger partial charge in [0.2, 0.25) is 0 Å². The van der Waals surface area contributed by atoms with Crippen LogP contribution in [-0.4, -0.2) is 18.0 Å². The largest absolute Gasteiger partial charge is 0.368 e. The van der Waals surface area contributed by atoms with Gasteiger partial charge in [-0.15, -0.1) is 0 Å². The Hall–Kier alpha value is -0.370. The summed E-state index contributed by atoms with van der Waals surface area (Å²) in [5.74, 6) is 0.108. The Morgan fingerprint density at radius 1 is 1.50 bits per heavy atom. The molecule has 0 heterocycles. The second kappa shape index (κ2) is 3.71. The molecule has 2 nitrogen and oxygen atoms in total. The molecule has 10 heavy (non-hydrogen) atoms. The van der Waals surface area contributed by atoms with Crippen LogP contribution in [0.3, 0.4) is 0 Å². The lowest BCUT2D eigenvalue weighted by molar-refractivity contribution is -0.140. The van der Waals surface area contributed by atoms with E-state index in [1.54, 1.807) is 6.92 Å². The molecule has 0 saturated carbocycles. The molecule has 60 valence electrons. The number of hydrogen-bond donors (Lipinski definition) is 0. The van der Waals surface area contributed by atoms with Gasteiger partial charge in [0, 0.05) is 6.61 Å². The van der Waals surface area contributed by atoms with Crippen molar-refractivity contribution in [2.45, 2.75) is 39.7 Å². The van der Waals surface area contributed by atoms with Gasteiger partial charge in [0.1, 0.15) is 5.60 Å². The van der Waals surface area contributed by atoms with Gasteiger partial charge in [-0.3, -0.25) is 4.79 Å². The van der Waals surface area contributed by atoms with Crippen LogP contribution in [0.4, 0.5) is 0 Å². The Kier molecular flexibility index (Phi) is 3.58. The van der Waals surface area contributed by atoms with E-state index < -0.39 is 5.60 Å². The van der Waals surface area contributed by atoms with Crippen molar-refractivity contribution >= 4 is 5.78 Å². The van der Waals surface area contributed by atoms with Gasteiger partial charge in [-0.25, -0.2) is 0 Å². The summed E-state index contributed by atoms with van der Waals surface area (Å²) in [5, 5.41) is 0. The topological polar surface area (TPSA) is 26.3 Å². The zero-order valence-corrected chi connectivity index (χ0v) is 7.23. The van der Waals surface area contributed by atoms with E-state index in [4.69, 9.17) is 4.74 Å². The molecule has 0 aliphatic rings. The molecule has 0 saturated heterocycles. The van der Waals surface area contributed by atoms with Crippen molar-refractivity contribution in [3.63, 3.8) is 0 Å². The minimum absolute atomic E-state index is 0.108. The molecule has 0 spiro atoms. The summed E-state index contributed by atoms with van der Waals surface area (Å²) in [6.07, 6.45) is 0.746. The van der Waals surface area contributed by atoms with Crippen molar-refractivity contribution in [3.8, 4) is 0 Å². The summed E-state index contributed by atoms with van der Waals surface area (Å²) in [7, 11) is 0. The molecule has 1 unspecified atom stereocenters. The second-order valence-electron chi connectivity index (χ2n) is 2.57. The van der Waals surface area contributed by atoms with Gasteiger partial charge in [0.25, 0.3) is 0 Å². The number of carbonyl (C=O) groups is 1. The van der Waals surface area contributed by atoms with Crippen LogP contribution in [0.5, 0.6) is 0 Å². The molecule has 0 aromatic carbocycles. The average Bonchev–Trinajstić information content (AvgIpc) is 1.88. The van der Waals surface area contributed by atoms with Crippen LogP contribution < -0.4 is 0 Å². The molecular formula is C8H16O2. The molecule has 0 radical (unpaired) electrons. The Morgan fingerprint density at radius 2 is 2.00 bits per heavy atom. The van der Waals surface area contributed by atoms with E-state index in [-0.39, 0.29) is 5.78 Å². The highest BCUT2D eigenvalue weighted by Gasteiger charge is 2.27. The summed E-state index contributed by atoms with van der Waals surface area (Å²) >= 11 is 0. The molecule has 1 atom stereocenters.